The third-order valence-corrected chi connectivity index (χ3v) is 4.43. The van der Waals surface area contributed by atoms with Crippen LogP contribution in [-0.4, -0.2) is 33.4 Å². The van der Waals surface area contributed by atoms with Gasteiger partial charge in [0, 0.05) is 42.3 Å². The Morgan fingerprint density at radius 2 is 2.00 bits per heavy atom. The summed E-state index contributed by atoms with van der Waals surface area (Å²) in [4.78, 5) is 16.3. The van der Waals surface area contributed by atoms with Gasteiger partial charge >= 0.3 is 6.18 Å². The number of nitrogens with zero attached hydrogens (tertiary/aromatic N) is 3. The van der Waals surface area contributed by atoms with Gasteiger partial charge in [0.15, 0.2) is 5.82 Å². The Hall–Kier alpha value is -3.89. The molecule has 0 aliphatic rings. The molecule has 0 spiro atoms. The van der Waals surface area contributed by atoms with E-state index in [2.05, 4.69) is 20.7 Å². The molecule has 1 heterocycles. The largest absolute Gasteiger partial charge is 0.417 e. The molecule has 0 bridgehead atoms. The number of hydrogen-bond donors (Lipinski definition) is 4. The maximum absolute atomic E-state index is 13.6. The number of benzene rings is 2. The molecule has 1 amide bonds. The molecule has 11 heteroatoms. The van der Waals surface area contributed by atoms with E-state index >= 15 is 0 Å². The monoisotopic (exact) mass is 431 g/mol. The van der Waals surface area contributed by atoms with Gasteiger partial charge in [-0.15, -0.1) is 5.10 Å². The number of nitrogens with one attached hydrogen (secondary N) is 3. The van der Waals surface area contributed by atoms with Gasteiger partial charge in [0.2, 0.25) is 5.95 Å². The molecule has 0 fully saturated rings. The molecule has 162 valence electrons. The van der Waals surface area contributed by atoms with Crippen LogP contribution >= 0.6 is 0 Å². The Labute approximate surface area is 175 Å². The zero-order valence-corrected chi connectivity index (χ0v) is 16.7. The van der Waals surface area contributed by atoms with Crippen molar-refractivity contribution in [1.82, 2.24) is 20.1 Å². The Balaban J connectivity index is 1.97. The number of aryl methyl sites for hydroxylation is 1. The smallest absolute Gasteiger partial charge is 0.398 e. The number of nitrogens with two attached hydrogens (primary N) is 1. The van der Waals surface area contributed by atoms with E-state index in [1.165, 1.54) is 10.7 Å². The summed E-state index contributed by atoms with van der Waals surface area (Å²) in [5.41, 5.74) is 5.88. The standard InChI is InChI=1S/C20H20F3N7O/c1-3-26-18(31)14-6-4-11(9-15(14)20(21,22)23)17-28-19(30(2)29-17)27-13-5-7-16(25)12(8-13)10-24/h4-10,24H,3,25H2,1-2H3,(H,26,31)(H,27,28,29). The van der Waals surface area contributed by atoms with E-state index in [1.54, 1.807) is 32.2 Å². The first-order valence-electron chi connectivity index (χ1n) is 9.22. The first kappa shape index (κ1) is 21.8. The number of hydrogen-bond acceptors (Lipinski definition) is 6. The van der Waals surface area contributed by atoms with E-state index in [4.69, 9.17) is 11.1 Å². The quantitative estimate of drug-likeness (QED) is 0.351. The molecule has 31 heavy (non-hydrogen) atoms. The first-order chi connectivity index (χ1) is 14.6. The van der Waals surface area contributed by atoms with E-state index < -0.39 is 23.2 Å². The molecule has 1 aromatic heterocycles. The first-order valence-corrected chi connectivity index (χ1v) is 9.22. The van der Waals surface area contributed by atoms with Gasteiger partial charge in [0.1, 0.15) is 0 Å². The molecule has 0 radical (unpaired) electrons. The van der Waals surface area contributed by atoms with Gasteiger partial charge in [-0.1, -0.05) is 6.07 Å². The highest BCUT2D eigenvalue weighted by Crippen LogP contribution is 2.35. The molecule has 0 saturated heterocycles. The van der Waals surface area contributed by atoms with Crippen molar-refractivity contribution in [1.29, 1.82) is 5.41 Å². The van der Waals surface area contributed by atoms with Crippen LogP contribution in [0.25, 0.3) is 11.4 Å². The Morgan fingerprint density at radius 3 is 2.65 bits per heavy atom. The van der Waals surface area contributed by atoms with Gasteiger partial charge in [-0.05, 0) is 37.3 Å². The van der Waals surface area contributed by atoms with Crippen LogP contribution in [0.1, 0.15) is 28.4 Å². The van der Waals surface area contributed by atoms with Gasteiger partial charge < -0.3 is 21.8 Å². The van der Waals surface area contributed by atoms with Crippen LogP contribution in [0.3, 0.4) is 0 Å². The number of aromatic nitrogens is 3. The average molecular weight is 431 g/mol. The highest BCUT2D eigenvalue weighted by atomic mass is 19.4. The number of nitrogen functional groups attached to an aromatic ring is 1. The van der Waals surface area contributed by atoms with Crippen LogP contribution in [0.4, 0.5) is 30.5 Å². The lowest BCUT2D eigenvalue weighted by Gasteiger charge is -2.13. The zero-order chi connectivity index (χ0) is 22.8. The van der Waals surface area contributed by atoms with E-state index in [0.717, 1.165) is 18.3 Å². The second-order valence-corrected chi connectivity index (χ2v) is 6.61. The Kier molecular flexibility index (Phi) is 5.95. The Bertz CT molecular complexity index is 1140. The second-order valence-electron chi connectivity index (χ2n) is 6.61. The minimum Gasteiger partial charge on any atom is -0.398 e. The van der Waals surface area contributed by atoms with Crippen molar-refractivity contribution in [2.24, 2.45) is 7.05 Å². The Morgan fingerprint density at radius 1 is 1.26 bits per heavy atom. The molecule has 0 aliphatic carbocycles. The van der Waals surface area contributed by atoms with Crippen molar-refractivity contribution in [3.8, 4) is 11.4 Å². The summed E-state index contributed by atoms with van der Waals surface area (Å²) in [6.45, 7) is 1.83. The van der Waals surface area contributed by atoms with Gasteiger partial charge in [-0.2, -0.15) is 18.2 Å². The van der Waals surface area contributed by atoms with Crippen LogP contribution < -0.4 is 16.4 Å². The lowest BCUT2D eigenvalue weighted by molar-refractivity contribution is -0.137. The van der Waals surface area contributed by atoms with Crippen LogP contribution in [0.5, 0.6) is 0 Å². The summed E-state index contributed by atoms with van der Waals surface area (Å²) >= 11 is 0. The van der Waals surface area contributed by atoms with Crippen molar-refractivity contribution >= 4 is 29.4 Å². The highest BCUT2D eigenvalue weighted by molar-refractivity contribution is 5.96. The number of anilines is 3. The fourth-order valence-corrected chi connectivity index (χ4v) is 2.89. The summed E-state index contributed by atoms with van der Waals surface area (Å²) in [6.07, 6.45) is -3.61. The summed E-state index contributed by atoms with van der Waals surface area (Å²) in [5, 5.41) is 16.9. The fraction of sp³-hybridized carbons (Fsp3) is 0.200. The van der Waals surface area contributed by atoms with Crippen LogP contribution in [0.15, 0.2) is 36.4 Å². The molecule has 3 rings (SSSR count). The predicted molar refractivity (Wildman–Crippen MR) is 111 cm³/mol. The molecular weight excluding hydrogens is 411 g/mol. The molecule has 0 atom stereocenters. The summed E-state index contributed by atoms with van der Waals surface area (Å²) in [5.74, 6) is -0.471. The molecule has 8 nitrogen and oxygen atoms in total. The number of alkyl halides is 3. The minimum absolute atomic E-state index is 0.0562. The van der Waals surface area contributed by atoms with Gasteiger partial charge in [-0.3, -0.25) is 4.79 Å². The number of halogens is 3. The lowest BCUT2D eigenvalue weighted by Crippen LogP contribution is -2.26. The van der Waals surface area contributed by atoms with Gasteiger partial charge in [0.25, 0.3) is 5.91 Å². The molecular formula is C20H20F3N7O. The maximum Gasteiger partial charge on any atom is 0.417 e. The maximum atomic E-state index is 13.6. The topological polar surface area (TPSA) is 122 Å². The normalized spacial score (nSPS) is 11.3. The minimum atomic E-state index is -4.72. The number of rotatable bonds is 6. The SMILES string of the molecule is CCNC(=O)c1ccc(-c2nc(Nc3ccc(N)c(C=N)c3)n(C)n2)cc1C(F)(F)F. The van der Waals surface area contributed by atoms with Crippen molar-refractivity contribution in [3.63, 3.8) is 0 Å². The van der Waals surface area contributed by atoms with Crippen LogP contribution in [0.2, 0.25) is 0 Å². The summed E-state index contributed by atoms with van der Waals surface area (Å²) < 4.78 is 42.0. The predicted octanol–water partition coefficient (Wildman–Crippen LogP) is 3.57. The fourth-order valence-electron chi connectivity index (χ4n) is 2.89. The van der Waals surface area contributed by atoms with E-state index in [-0.39, 0.29) is 23.9 Å². The second kappa shape index (κ2) is 8.46. The van der Waals surface area contributed by atoms with Crippen LogP contribution in [-0.2, 0) is 13.2 Å². The zero-order valence-electron chi connectivity index (χ0n) is 16.7. The van der Waals surface area contributed by atoms with Gasteiger partial charge in [0.05, 0.1) is 11.1 Å². The number of carbonyl (C=O) groups excluding carboxylic acids is 1. The summed E-state index contributed by atoms with van der Waals surface area (Å²) in [6, 6.07) is 8.28. The van der Waals surface area contributed by atoms with Gasteiger partial charge in [-0.25, -0.2) is 4.68 Å². The highest BCUT2D eigenvalue weighted by Gasteiger charge is 2.35. The van der Waals surface area contributed by atoms with Crippen molar-refractivity contribution in [3.05, 3.63) is 53.1 Å². The van der Waals surface area contributed by atoms with E-state index in [0.29, 0.717) is 16.9 Å². The van der Waals surface area contributed by atoms with E-state index in [1.807, 2.05) is 0 Å². The van der Waals surface area contributed by atoms with Crippen LogP contribution in [0, 0.1) is 5.41 Å². The van der Waals surface area contributed by atoms with E-state index in [9.17, 15) is 18.0 Å². The molecule has 2 aromatic carbocycles. The molecule has 0 unspecified atom stereocenters. The number of carbonyl (C=O) groups is 1. The third kappa shape index (κ3) is 4.65. The average Bonchev–Trinajstić information content (AvgIpc) is 3.08. The van der Waals surface area contributed by atoms with Crippen molar-refractivity contribution in [2.45, 2.75) is 13.1 Å². The van der Waals surface area contributed by atoms with Crippen molar-refractivity contribution < 1.29 is 18.0 Å². The van der Waals surface area contributed by atoms with Crippen molar-refractivity contribution in [2.75, 3.05) is 17.6 Å². The molecule has 5 N–H and O–H groups in total. The molecule has 0 saturated carbocycles. The molecule has 0 aliphatic heterocycles. The third-order valence-electron chi connectivity index (χ3n) is 4.43. The number of amides is 1. The lowest BCUT2D eigenvalue weighted by atomic mass is 10.0. The molecule has 3 aromatic rings. The summed E-state index contributed by atoms with van der Waals surface area (Å²) in [7, 11) is 1.58.